The normalized spacial score (nSPS) is 24.3. The quantitative estimate of drug-likeness (QED) is 0.832. The molecule has 19 heavy (non-hydrogen) atoms. The molecule has 1 aliphatic carbocycles. The van der Waals surface area contributed by atoms with Crippen LogP contribution in [0.1, 0.15) is 43.0 Å². The molecule has 3 N–H and O–H groups in total. The van der Waals surface area contributed by atoms with E-state index in [9.17, 15) is 5.11 Å². The number of aryl methyl sites for hydroxylation is 1. The van der Waals surface area contributed by atoms with Gasteiger partial charge in [0.1, 0.15) is 0 Å². The Morgan fingerprint density at radius 1 is 1.32 bits per heavy atom. The summed E-state index contributed by atoms with van der Waals surface area (Å²) in [5.41, 5.74) is 8.35. The predicted octanol–water partition coefficient (Wildman–Crippen LogP) is 1.02. The molecule has 0 bridgehead atoms. The number of fused-ring (bicyclic) bond motifs is 1. The lowest BCUT2D eigenvalue weighted by atomic mass is 9.93. The SMILES string of the molecule is N[C@@H]1CCCc2nc(N3CCC(CO)CC3)ncc21. The molecule has 1 aromatic heterocycles. The van der Waals surface area contributed by atoms with Crippen molar-refractivity contribution in [1.29, 1.82) is 0 Å². The Balaban J connectivity index is 1.75. The molecule has 1 aliphatic heterocycles. The first kappa shape index (κ1) is 12.8. The van der Waals surface area contributed by atoms with Gasteiger partial charge < -0.3 is 15.7 Å². The fraction of sp³-hybridized carbons (Fsp3) is 0.714. The topological polar surface area (TPSA) is 75.3 Å². The number of anilines is 1. The summed E-state index contributed by atoms with van der Waals surface area (Å²) in [6.45, 7) is 2.18. The monoisotopic (exact) mass is 262 g/mol. The van der Waals surface area contributed by atoms with Gasteiger partial charge in [0.05, 0.1) is 5.69 Å². The number of aliphatic hydroxyl groups excluding tert-OH is 1. The van der Waals surface area contributed by atoms with Crippen LogP contribution in [0.3, 0.4) is 0 Å². The molecular formula is C14H22N4O. The van der Waals surface area contributed by atoms with Crippen LogP contribution in [0.2, 0.25) is 0 Å². The molecule has 2 aliphatic rings. The first-order chi connectivity index (χ1) is 9.28. The maximum Gasteiger partial charge on any atom is 0.225 e. The zero-order chi connectivity index (χ0) is 13.2. The van der Waals surface area contributed by atoms with E-state index in [0.717, 1.165) is 62.4 Å². The molecule has 5 heteroatoms. The van der Waals surface area contributed by atoms with E-state index in [1.807, 2.05) is 6.20 Å². The van der Waals surface area contributed by atoms with Gasteiger partial charge in [0, 0.05) is 37.5 Å². The molecule has 104 valence electrons. The van der Waals surface area contributed by atoms with Crippen molar-refractivity contribution in [2.24, 2.45) is 11.7 Å². The number of piperidine rings is 1. The Hall–Kier alpha value is -1.20. The molecule has 1 saturated heterocycles. The number of nitrogens with zero attached hydrogens (tertiary/aromatic N) is 3. The van der Waals surface area contributed by atoms with E-state index in [1.54, 1.807) is 0 Å². The van der Waals surface area contributed by atoms with Crippen molar-refractivity contribution in [3.05, 3.63) is 17.5 Å². The minimum atomic E-state index is 0.109. The van der Waals surface area contributed by atoms with Crippen LogP contribution in [-0.4, -0.2) is 34.8 Å². The standard InChI is InChI=1S/C14H22N4O/c15-12-2-1-3-13-11(12)8-16-14(17-13)18-6-4-10(9-19)5-7-18/h8,10,12,19H,1-7,9,15H2/t12-/m1/s1. The van der Waals surface area contributed by atoms with E-state index < -0.39 is 0 Å². The van der Waals surface area contributed by atoms with Crippen LogP contribution in [0.25, 0.3) is 0 Å². The van der Waals surface area contributed by atoms with Crippen LogP contribution in [-0.2, 0) is 6.42 Å². The summed E-state index contributed by atoms with van der Waals surface area (Å²) in [5, 5.41) is 9.17. The van der Waals surface area contributed by atoms with E-state index in [4.69, 9.17) is 10.7 Å². The highest BCUT2D eigenvalue weighted by molar-refractivity contribution is 5.35. The van der Waals surface area contributed by atoms with Gasteiger partial charge in [-0.15, -0.1) is 0 Å². The van der Waals surface area contributed by atoms with Crippen molar-refractivity contribution in [1.82, 2.24) is 9.97 Å². The molecule has 0 aromatic carbocycles. The second-order valence-electron chi connectivity index (χ2n) is 5.68. The Morgan fingerprint density at radius 3 is 2.84 bits per heavy atom. The number of aromatic nitrogens is 2. The van der Waals surface area contributed by atoms with Crippen molar-refractivity contribution in [2.45, 2.75) is 38.1 Å². The molecule has 0 amide bonds. The third kappa shape index (κ3) is 2.58. The zero-order valence-electron chi connectivity index (χ0n) is 11.3. The van der Waals surface area contributed by atoms with Gasteiger partial charge >= 0.3 is 0 Å². The summed E-state index contributed by atoms with van der Waals surface area (Å²) < 4.78 is 0. The molecule has 0 radical (unpaired) electrons. The Bertz CT molecular complexity index is 443. The molecule has 1 fully saturated rings. The minimum absolute atomic E-state index is 0.109. The molecule has 0 spiro atoms. The van der Waals surface area contributed by atoms with Gasteiger partial charge in [-0.2, -0.15) is 0 Å². The number of nitrogens with two attached hydrogens (primary N) is 1. The maximum atomic E-state index is 9.17. The molecule has 3 rings (SSSR count). The van der Waals surface area contributed by atoms with Crippen molar-refractivity contribution < 1.29 is 5.11 Å². The lowest BCUT2D eigenvalue weighted by molar-refractivity contribution is 0.202. The zero-order valence-corrected chi connectivity index (χ0v) is 11.3. The van der Waals surface area contributed by atoms with Crippen molar-refractivity contribution in [3.8, 4) is 0 Å². The molecule has 1 aromatic rings. The number of hydrogen-bond donors (Lipinski definition) is 2. The lowest BCUT2D eigenvalue weighted by Gasteiger charge is -2.32. The number of aliphatic hydroxyl groups is 1. The smallest absolute Gasteiger partial charge is 0.225 e. The van der Waals surface area contributed by atoms with Crippen molar-refractivity contribution in [2.75, 3.05) is 24.6 Å². The largest absolute Gasteiger partial charge is 0.396 e. The van der Waals surface area contributed by atoms with Gasteiger partial charge in [-0.1, -0.05) is 0 Å². The van der Waals surface area contributed by atoms with Crippen LogP contribution in [0.5, 0.6) is 0 Å². The summed E-state index contributed by atoms with van der Waals surface area (Å²) in [6.07, 6.45) is 7.15. The van der Waals surface area contributed by atoms with E-state index in [2.05, 4.69) is 9.88 Å². The summed E-state index contributed by atoms with van der Waals surface area (Å²) >= 11 is 0. The van der Waals surface area contributed by atoms with E-state index in [0.29, 0.717) is 12.5 Å². The third-order valence-electron chi connectivity index (χ3n) is 4.37. The number of rotatable bonds is 2. The van der Waals surface area contributed by atoms with Crippen LogP contribution < -0.4 is 10.6 Å². The molecule has 5 nitrogen and oxygen atoms in total. The molecule has 0 saturated carbocycles. The first-order valence-corrected chi connectivity index (χ1v) is 7.25. The average molecular weight is 262 g/mol. The molecular weight excluding hydrogens is 240 g/mol. The number of hydrogen-bond acceptors (Lipinski definition) is 5. The van der Waals surface area contributed by atoms with Crippen molar-refractivity contribution >= 4 is 5.95 Å². The minimum Gasteiger partial charge on any atom is -0.396 e. The van der Waals surface area contributed by atoms with Crippen LogP contribution >= 0.6 is 0 Å². The Kier molecular flexibility index (Phi) is 3.66. The van der Waals surface area contributed by atoms with Crippen LogP contribution in [0, 0.1) is 5.92 Å². The van der Waals surface area contributed by atoms with E-state index in [-0.39, 0.29) is 6.04 Å². The first-order valence-electron chi connectivity index (χ1n) is 7.25. The van der Waals surface area contributed by atoms with Crippen LogP contribution in [0.4, 0.5) is 5.95 Å². The van der Waals surface area contributed by atoms with Gasteiger partial charge in [-0.25, -0.2) is 9.97 Å². The highest BCUT2D eigenvalue weighted by Gasteiger charge is 2.23. The van der Waals surface area contributed by atoms with E-state index in [1.165, 1.54) is 0 Å². The third-order valence-corrected chi connectivity index (χ3v) is 4.37. The van der Waals surface area contributed by atoms with Crippen LogP contribution in [0.15, 0.2) is 6.20 Å². The Morgan fingerprint density at radius 2 is 2.11 bits per heavy atom. The average Bonchev–Trinajstić information content (AvgIpc) is 2.47. The highest BCUT2D eigenvalue weighted by atomic mass is 16.3. The maximum absolute atomic E-state index is 9.17. The summed E-state index contributed by atoms with van der Waals surface area (Å²) in [5.74, 6) is 1.28. The summed E-state index contributed by atoms with van der Waals surface area (Å²) in [6, 6.07) is 0.109. The summed E-state index contributed by atoms with van der Waals surface area (Å²) in [4.78, 5) is 11.4. The van der Waals surface area contributed by atoms with Gasteiger partial charge in [-0.3, -0.25) is 0 Å². The van der Waals surface area contributed by atoms with E-state index >= 15 is 0 Å². The summed E-state index contributed by atoms with van der Waals surface area (Å²) in [7, 11) is 0. The second kappa shape index (κ2) is 5.43. The molecule has 2 heterocycles. The van der Waals surface area contributed by atoms with Gasteiger partial charge in [0.15, 0.2) is 0 Å². The van der Waals surface area contributed by atoms with Gasteiger partial charge in [0.25, 0.3) is 0 Å². The fourth-order valence-corrected chi connectivity index (χ4v) is 3.04. The fourth-order valence-electron chi connectivity index (χ4n) is 3.04. The van der Waals surface area contributed by atoms with Crippen molar-refractivity contribution in [3.63, 3.8) is 0 Å². The molecule has 0 unspecified atom stereocenters. The predicted molar refractivity (Wildman–Crippen MR) is 73.9 cm³/mol. The highest BCUT2D eigenvalue weighted by Crippen LogP contribution is 2.28. The van der Waals surface area contributed by atoms with Gasteiger partial charge in [-0.05, 0) is 38.0 Å². The second-order valence-corrected chi connectivity index (χ2v) is 5.68. The van der Waals surface area contributed by atoms with Gasteiger partial charge in [0.2, 0.25) is 5.95 Å². The Labute approximate surface area is 113 Å². The lowest BCUT2D eigenvalue weighted by Crippen LogP contribution is -2.36. The molecule has 1 atom stereocenters.